The molecule has 0 spiro atoms. The summed E-state index contributed by atoms with van der Waals surface area (Å²) in [5.74, 6) is -0.319. The number of aryl methyl sites for hydroxylation is 2. The minimum absolute atomic E-state index is 0.312. The van der Waals surface area contributed by atoms with E-state index >= 15 is 0 Å². The first-order chi connectivity index (χ1) is 12.0. The Labute approximate surface area is 152 Å². The fraction of sp³-hybridized carbons (Fsp3) is 0.300. The molecule has 25 heavy (non-hydrogen) atoms. The van der Waals surface area contributed by atoms with Gasteiger partial charge < -0.3 is 4.57 Å². The Hall–Kier alpha value is -2.27. The normalized spacial score (nSPS) is 15.9. The SMILES string of the molecule is CCCCc1ccc(-n2c(C)cc(/C=C3\SC(=O)NC3=O)c2C)cc1. The predicted molar refractivity (Wildman–Crippen MR) is 103 cm³/mol. The van der Waals surface area contributed by atoms with Crippen LogP contribution in [0, 0.1) is 13.8 Å². The van der Waals surface area contributed by atoms with Crippen LogP contribution >= 0.6 is 11.8 Å². The minimum Gasteiger partial charge on any atom is -0.318 e. The van der Waals surface area contributed by atoms with Crippen molar-refractivity contribution in [3.8, 4) is 5.69 Å². The van der Waals surface area contributed by atoms with Crippen molar-refractivity contribution in [3.63, 3.8) is 0 Å². The van der Waals surface area contributed by atoms with Crippen LogP contribution in [0.2, 0.25) is 0 Å². The van der Waals surface area contributed by atoms with Crippen LogP contribution in [-0.4, -0.2) is 15.7 Å². The van der Waals surface area contributed by atoms with Gasteiger partial charge in [-0.2, -0.15) is 0 Å². The van der Waals surface area contributed by atoms with E-state index in [1.54, 1.807) is 6.08 Å². The fourth-order valence-corrected chi connectivity index (χ4v) is 3.76. The lowest BCUT2D eigenvalue weighted by atomic mass is 10.1. The summed E-state index contributed by atoms with van der Waals surface area (Å²) in [4.78, 5) is 23.5. The van der Waals surface area contributed by atoms with Crippen LogP contribution in [0.1, 0.15) is 42.3 Å². The summed E-state index contributed by atoms with van der Waals surface area (Å²) in [6, 6.07) is 10.7. The van der Waals surface area contributed by atoms with E-state index in [0.717, 1.165) is 40.8 Å². The molecular weight excluding hydrogens is 332 g/mol. The van der Waals surface area contributed by atoms with Gasteiger partial charge in [0.25, 0.3) is 11.1 Å². The number of thioether (sulfide) groups is 1. The fourth-order valence-electron chi connectivity index (χ4n) is 3.09. The first kappa shape index (κ1) is 17.5. The number of carbonyl (C=O) groups is 2. The van der Waals surface area contributed by atoms with Crippen LogP contribution < -0.4 is 5.32 Å². The standard InChI is InChI=1S/C20H22N2O2S/c1-4-5-6-15-7-9-17(10-8-15)22-13(2)11-16(14(22)3)12-18-19(23)21-20(24)25-18/h7-12H,4-6H2,1-3H3,(H,21,23,24)/b18-12-. The molecule has 1 aliphatic rings. The molecule has 1 aromatic heterocycles. The van der Waals surface area contributed by atoms with Gasteiger partial charge in [0, 0.05) is 17.1 Å². The molecule has 0 unspecified atom stereocenters. The third kappa shape index (κ3) is 3.71. The lowest BCUT2D eigenvalue weighted by molar-refractivity contribution is -0.115. The van der Waals surface area contributed by atoms with E-state index in [1.807, 2.05) is 19.9 Å². The van der Waals surface area contributed by atoms with Crippen LogP contribution in [0.15, 0.2) is 35.2 Å². The predicted octanol–water partition coefficient (Wildman–Crippen LogP) is 4.76. The first-order valence-electron chi connectivity index (χ1n) is 8.52. The second-order valence-corrected chi connectivity index (χ2v) is 7.30. The molecule has 1 N–H and O–H groups in total. The van der Waals surface area contributed by atoms with Crippen molar-refractivity contribution >= 4 is 29.0 Å². The Bertz CT molecular complexity index is 847. The van der Waals surface area contributed by atoms with Gasteiger partial charge in [0.15, 0.2) is 0 Å². The number of nitrogens with zero attached hydrogens (tertiary/aromatic N) is 1. The number of hydrogen-bond donors (Lipinski definition) is 1. The number of nitrogens with one attached hydrogen (secondary N) is 1. The van der Waals surface area contributed by atoms with Crippen molar-refractivity contribution in [1.82, 2.24) is 9.88 Å². The zero-order valence-electron chi connectivity index (χ0n) is 14.8. The van der Waals surface area contributed by atoms with Gasteiger partial charge in [-0.25, -0.2) is 0 Å². The summed E-state index contributed by atoms with van der Waals surface area (Å²) in [5, 5.41) is 1.98. The van der Waals surface area contributed by atoms with Gasteiger partial charge in [-0.15, -0.1) is 0 Å². The average molecular weight is 354 g/mol. The molecule has 0 atom stereocenters. The molecule has 1 aromatic carbocycles. The Morgan fingerprint density at radius 3 is 2.48 bits per heavy atom. The molecule has 3 rings (SSSR count). The number of benzene rings is 1. The summed E-state index contributed by atoms with van der Waals surface area (Å²) < 4.78 is 2.18. The van der Waals surface area contributed by atoms with Crippen molar-refractivity contribution in [1.29, 1.82) is 0 Å². The van der Waals surface area contributed by atoms with Gasteiger partial charge in [-0.1, -0.05) is 25.5 Å². The zero-order chi connectivity index (χ0) is 18.0. The summed E-state index contributed by atoms with van der Waals surface area (Å²) in [6.45, 7) is 6.28. The van der Waals surface area contributed by atoms with E-state index in [9.17, 15) is 9.59 Å². The number of aromatic nitrogens is 1. The highest BCUT2D eigenvalue weighted by Crippen LogP contribution is 2.29. The molecule has 0 bridgehead atoms. The lowest BCUT2D eigenvalue weighted by Gasteiger charge is -2.10. The van der Waals surface area contributed by atoms with Gasteiger partial charge in [0.2, 0.25) is 0 Å². The number of unbranched alkanes of at least 4 members (excludes halogenated alkanes) is 1. The molecule has 0 saturated carbocycles. The van der Waals surface area contributed by atoms with E-state index in [0.29, 0.717) is 4.91 Å². The van der Waals surface area contributed by atoms with Gasteiger partial charge in [-0.3, -0.25) is 14.9 Å². The topological polar surface area (TPSA) is 51.1 Å². The molecular formula is C20H22N2O2S. The molecule has 2 aromatic rings. The monoisotopic (exact) mass is 354 g/mol. The van der Waals surface area contributed by atoms with Crippen LogP contribution in [0.3, 0.4) is 0 Å². The number of rotatable bonds is 5. The van der Waals surface area contributed by atoms with Crippen LogP contribution in [-0.2, 0) is 11.2 Å². The maximum absolute atomic E-state index is 11.8. The Kier molecular flexibility index (Phi) is 5.13. The van der Waals surface area contributed by atoms with Crippen molar-refractivity contribution in [3.05, 3.63) is 57.8 Å². The third-order valence-corrected chi connectivity index (χ3v) is 5.22. The van der Waals surface area contributed by atoms with Crippen LogP contribution in [0.4, 0.5) is 4.79 Å². The molecule has 5 heteroatoms. The van der Waals surface area contributed by atoms with Crippen molar-refractivity contribution in [2.45, 2.75) is 40.0 Å². The first-order valence-corrected chi connectivity index (χ1v) is 9.34. The van der Waals surface area contributed by atoms with Crippen LogP contribution in [0.25, 0.3) is 11.8 Å². The molecule has 130 valence electrons. The van der Waals surface area contributed by atoms with Crippen LogP contribution in [0.5, 0.6) is 0 Å². The van der Waals surface area contributed by atoms with Gasteiger partial charge >= 0.3 is 0 Å². The van der Waals surface area contributed by atoms with E-state index in [-0.39, 0.29) is 11.1 Å². The quantitative estimate of drug-likeness (QED) is 0.788. The molecule has 4 nitrogen and oxygen atoms in total. The van der Waals surface area contributed by atoms with Crippen molar-refractivity contribution in [2.24, 2.45) is 0 Å². The Morgan fingerprint density at radius 1 is 1.16 bits per heavy atom. The minimum atomic E-state index is -0.319. The van der Waals surface area contributed by atoms with Gasteiger partial charge in [-0.05, 0) is 73.9 Å². The average Bonchev–Trinajstić information content (AvgIpc) is 3.04. The summed E-state index contributed by atoms with van der Waals surface area (Å²) in [7, 11) is 0. The number of amides is 2. The summed E-state index contributed by atoms with van der Waals surface area (Å²) in [5.41, 5.74) is 5.58. The van der Waals surface area contributed by atoms with E-state index < -0.39 is 0 Å². The van der Waals surface area contributed by atoms with E-state index in [4.69, 9.17) is 0 Å². The largest absolute Gasteiger partial charge is 0.318 e. The maximum atomic E-state index is 11.8. The Balaban J connectivity index is 1.91. The highest BCUT2D eigenvalue weighted by molar-refractivity contribution is 8.18. The third-order valence-electron chi connectivity index (χ3n) is 4.41. The molecule has 0 aliphatic carbocycles. The molecule has 1 aliphatic heterocycles. The second kappa shape index (κ2) is 7.31. The van der Waals surface area contributed by atoms with Gasteiger partial charge in [0.05, 0.1) is 4.91 Å². The molecule has 1 fully saturated rings. The molecule has 2 heterocycles. The van der Waals surface area contributed by atoms with Crippen molar-refractivity contribution < 1.29 is 9.59 Å². The van der Waals surface area contributed by atoms with E-state index in [2.05, 4.69) is 41.1 Å². The Morgan fingerprint density at radius 2 is 1.88 bits per heavy atom. The summed E-state index contributed by atoms with van der Waals surface area (Å²) >= 11 is 0.950. The highest BCUT2D eigenvalue weighted by atomic mass is 32.2. The maximum Gasteiger partial charge on any atom is 0.290 e. The smallest absolute Gasteiger partial charge is 0.290 e. The number of hydrogen-bond acceptors (Lipinski definition) is 3. The zero-order valence-corrected chi connectivity index (χ0v) is 15.6. The number of imide groups is 1. The van der Waals surface area contributed by atoms with Crippen molar-refractivity contribution in [2.75, 3.05) is 0 Å². The number of carbonyl (C=O) groups excluding carboxylic acids is 2. The highest BCUT2D eigenvalue weighted by Gasteiger charge is 2.25. The molecule has 0 radical (unpaired) electrons. The molecule has 1 saturated heterocycles. The van der Waals surface area contributed by atoms with Gasteiger partial charge in [0.1, 0.15) is 0 Å². The van der Waals surface area contributed by atoms with E-state index in [1.165, 1.54) is 18.4 Å². The summed E-state index contributed by atoms with van der Waals surface area (Å²) in [6.07, 6.45) is 5.30. The lowest BCUT2D eigenvalue weighted by Crippen LogP contribution is -2.17. The second-order valence-electron chi connectivity index (χ2n) is 6.28. The molecule has 2 amide bonds.